The van der Waals surface area contributed by atoms with Crippen LogP contribution in [0.25, 0.3) is 21.5 Å². The van der Waals surface area contributed by atoms with Gasteiger partial charge in [-0.2, -0.15) is 0 Å². The highest BCUT2D eigenvalue weighted by Crippen LogP contribution is 2.49. The minimum absolute atomic E-state index is 0.0203. The van der Waals surface area contributed by atoms with E-state index in [1.807, 2.05) is 6.92 Å². The molecule has 9 heteroatoms. The van der Waals surface area contributed by atoms with E-state index in [0.717, 1.165) is 24.7 Å². The first-order chi connectivity index (χ1) is 19.8. The Labute approximate surface area is 237 Å². The number of carbonyl (C=O) groups is 2. The van der Waals surface area contributed by atoms with Crippen molar-refractivity contribution in [3.63, 3.8) is 0 Å². The van der Waals surface area contributed by atoms with Crippen molar-refractivity contribution in [2.24, 2.45) is 0 Å². The van der Waals surface area contributed by atoms with Crippen molar-refractivity contribution in [3.8, 4) is 17.2 Å². The summed E-state index contributed by atoms with van der Waals surface area (Å²) in [5.74, 6) is 0.283. The number of nitro benzene ring substituents is 1. The van der Waals surface area contributed by atoms with E-state index < -0.39 is 17.0 Å². The number of hydrogen-bond donors (Lipinski definition) is 0. The number of aldehydes is 1. The standard InChI is InChI=1S/C32H31NO8/c1-19-7-4-9-20(2)13-22(14-21(17-34)10-5-8-19)41-32(35)25-16-28-31(40-18-39-28)30-23-11-6-12-27(38-3)24(23)15-26(29(25)30)33(36)37/h6,8-9,11-12,14-17,22H,4-5,7,10,13,18H2,1-3H3/b19-8+,20-9+,21-14+. The van der Waals surface area contributed by atoms with Gasteiger partial charge >= 0.3 is 5.97 Å². The molecule has 1 unspecified atom stereocenters. The minimum atomic E-state index is -0.763. The number of non-ortho nitro benzene ring substituents is 1. The SMILES string of the molecule is COc1cccc2c1cc([N+](=O)[O-])c1c(C(=O)OC3/C=C(/C=O)CC/C=C(\C)CC/C=C(\C)C3)cc3c(c12)OCO3. The Kier molecular flexibility index (Phi) is 8.05. The normalized spacial score (nSPS) is 21.3. The smallest absolute Gasteiger partial charge is 0.339 e. The van der Waals surface area contributed by atoms with Crippen molar-refractivity contribution in [1.29, 1.82) is 0 Å². The molecule has 3 aromatic carbocycles. The van der Waals surface area contributed by atoms with Crippen LogP contribution in [0.1, 0.15) is 56.3 Å². The number of rotatable bonds is 5. The predicted molar refractivity (Wildman–Crippen MR) is 155 cm³/mol. The number of esters is 1. The van der Waals surface area contributed by atoms with Gasteiger partial charge in [-0.3, -0.25) is 14.9 Å². The molecule has 3 aromatic rings. The minimum Gasteiger partial charge on any atom is -0.496 e. The zero-order valence-corrected chi connectivity index (χ0v) is 23.2. The van der Waals surface area contributed by atoms with Crippen LogP contribution in [0.3, 0.4) is 0 Å². The summed E-state index contributed by atoms with van der Waals surface area (Å²) >= 11 is 0. The third kappa shape index (κ3) is 5.66. The number of benzene rings is 3. The highest BCUT2D eigenvalue weighted by atomic mass is 16.7. The van der Waals surface area contributed by atoms with Gasteiger partial charge in [-0.05, 0) is 68.7 Å². The molecule has 5 rings (SSSR count). The Morgan fingerprint density at radius 2 is 1.83 bits per heavy atom. The number of carbonyl (C=O) groups excluding carboxylic acids is 2. The summed E-state index contributed by atoms with van der Waals surface area (Å²) in [5, 5.41) is 13.9. The third-order valence-electron chi connectivity index (χ3n) is 7.46. The van der Waals surface area contributed by atoms with E-state index in [9.17, 15) is 19.7 Å². The van der Waals surface area contributed by atoms with Gasteiger partial charge in [0, 0.05) is 23.3 Å². The molecule has 0 N–H and O–H groups in total. The summed E-state index contributed by atoms with van der Waals surface area (Å²) in [6.45, 7) is 3.95. The van der Waals surface area contributed by atoms with Crippen LogP contribution in [0, 0.1) is 10.1 Å². The van der Waals surface area contributed by atoms with Crippen molar-refractivity contribution >= 4 is 39.5 Å². The van der Waals surface area contributed by atoms with Crippen LogP contribution in [-0.4, -0.2) is 37.2 Å². The van der Waals surface area contributed by atoms with Crippen LogP contribution in [0.2, 0.25) is 0 Å². The second kappa shape index (κ2) is 11.8. The Morgan fingerprint density at radius 3 is 2.59 bits per heavy atom. The van der Waals surface area contributed by atoms with Gasteiger partial charge in [0.1, 0.15) is 18.1 Å². The lowest BCUT2D eigenvalue weighted by Gasteiger charge is -2.18. The Morgan fingerprint density at radius 1 is 1.05 bits per heavy atom. The molecule has 2 aliphatic rings. The van der Waals surface area contributed by atoms with Crippen LogP contribution < -0.4 is 14.2 Å². The number of fused-ring (bicyclic) bond motifs is 5. The van der Waals surface area contributed by atoms with Crippen molar-refractivity contribution in [3.05, 3.63) is 81.0 Å². The molecule has 9 nitrogen and oxygen atoms in total. The Balaban J connectivity index is 1.66. The van der Waals surface area contributed by atoms with E-state index in [1.54, 1.807) is 24.3 Å². The summed E-state index contributed by atoms with van der Waals surface area (Å²) in [5.41, 5.74) is 2.50. The second-order valence-corrected chi connectivity index (χ2v) is 10.3. The molecule has 1 atom stereocenters. The number of allylic oxidation sites excluding steroid dienone is 4. The Hall–Kier alpha value is -4.66. The lowest BCUT2D eigenvalue weighted by atomic mass is 9.94. The highest BCUT2D eigenvalue weighted by molar-refractivity contribution is 6.22. The topological polar surface area (TPSA) is 114 Å². The van der Waals surface area contributed by atoms with E-state index in [4.69, 9.17) is 18.9 Å². The first kappa shape index (κ1) is 27.9. The zero-order chi connectivity index (χ0) is 29.1. The van der Waals surface area contributed by atoms with Gasteiger partial charge in [0.2, 0.25) is 6.79 Å². The molecule has 41 heavy (non-hydrogen) atoms. The molecule has 0 radical (unpaired) electrons. The molecule has 212 valence electrons. The van der Waals surface area contributed by atoms with Crippen molar-refractivity contribution < 1.29 is 33.5 Å². The van der Waals surface area contributed by atoms with Gasteiger partial charge in [0.15, 0.2) is 11.5 Å². The van der Waals surface area contributed by atoms with Gasteiger partial charge in [0.25, 0.3) is 5.69 Å². The van der Waals surface area contributed by atoms with Crippen LogP contribution in [0.4, 0.5) is 5.69 Å². The maximum Gasteiger partial charge on any atom is 0.339 e. The summed E-state index contributed by atoms with van der Waals surface area (Å²) in [4.78, 5) is 37.6. The first-order valence-electron chi connectivity index (χ1n) is 13.5. The molecular formula is C32H31NO8. The lowest BCUT2D eigenvalue weighted by Crippen LogP contribution is -2.18. The quantitative estimate of drug-likeness (QED) is 0.0812. The monoisotopic (exact) mass is 557 g/mol. The van der Waals surface area contributed by atoms with Gasteiger partial charge in [0.05, 0.1) is 23.0 Å². The summed E-state index contributed by atoms with van der Waals surface area (Å²) in [6.07, 6.45) is 9.32. The molecule has 0 aromatic heterocycles. The van der Waals surface area contributed by atoms with E-state index in [1.165, 1.54) is 24.8 Å². The molecule has 0 bridgehead atoms. The molecule has 0 saturated carbocycles. The lowest BCUT2D eigenvalue weighted by molar-refractivity contribution is -0.383. The number of hydrogen-bond acceptors (Lipinski definition) is 8. The molecule has 0 amide bonds. The number of nitrogens with zero attached hydrogens (tertiary/aromatic N) is 1. The zero-order valence-electron chi connectivity index (χ0n) is 23.2. The van der Waals surface area contributed by atoms with Crippen molar-refractivity contribution in [2.75, 3.05) is 13.9 Å². The number of nitro groups is 1. The second-order valence-electron chi connectivity index (χ2n) is 10.3. The van der Waals surface area contributed by atoms with Gasteiger partial charge in [-0.25, -0.2) is 4.79 Å². The van der Waals surface area contributed by atoms with Crippen molar-refractivity contribution in [1.82, 2.24) is 0 Å². The largest absolute Gasteiger partial charge is 0.496 e. The molecule has 0 spiro atoms. The summed E-state index contributed by atoms with van der Waals surface area (Å²) < 4.78 is 22.8. The molecule has 1 heterocycles. The van der Waals surface area contributed by atoms with E-state index in [0.29, 0.717) is 52.5 Å². The van der Waals surface area contributed by atoms with Gasteiger partial charge in [-0.15, -0.1) is 0 Å². The predicted octanol–water partition coefficient (Wildman–Crippen LogP) is 7.15. The maximum atomic E-state index is 13.9. The van der Waals surface area contributed by atoms with E-state index in [2.05, 4.69) is 19.1 Å². The summed E-state index contributed by atoms with van der Waals surface area (Å²) in [7, 11) is 1.49. The maximum absolute atomic E-state index is 13.9. The Bertz CT molecular complexity index is 1650. The van der Waals surface area contributed by atoms with Crippen LogP contribution >= 0.6 is 0 Å². The van der Waals surface area contributed by atoms with E-state index in [-0.39, 0.29) is 29.2 Å². The molecule has 1 aliphatic carbocycles. The highest BCUT2D eigenvalue weighted by Gasteiger charge is 2.31. The average Bonchev–Trinajstić information content (AvgIpc) is 3.43. The molecule has 0 fully saturated rings. The molecule has 1 aliphatic heterocycles. The van der Waals surface area contributed by atoms with Gasteiger partial charge < -0.3 is 18.9 Å². The van der Waals surface area contributed by atoms with Crippen LogP contribution in [-0.2, 0) is 9.53 Å². The van der Waals surface area contributed by atoms with Gasteiger partial charge in [-0.1, -0.05) is 35.4 Å². The fourth-order valence-corrected chi connectivity index (χ4v) is 5.46. The average molecular weight is 558 g/mol. The molecular weight excluding hydrogens is 526 g/mol. The fraction of sp³-hybridized carbons (Fsp3) is 0.312. The fourth-order valence-electron chi connectivity index (χ4n) is 5.46. The molecule has 0 saturated heterocycles. The van der Waals surface area contributed by atoms with Crippen LogP contribution in [0.15, 0.2) is 65.3 Å². The first-order valence-corrected chi connectivity index (χ1v) is 13.5. The number of methoxy groups -OCH3 is 1. The number of ether oxygens (including phenoxy) is 4. The summed E-state index contributed by atoms with van der Waals surface area (Å²) in [6, 6.07) is 8.10. The van der Waals surface area contributed by atoms with Crippen LogP contribution in [0.5, 0.6) is 17.2 Å². The third-order valence-corrected chi connectivity index (χ3v) is 7.46. The van der Waals surface area contributed by atoms with E-state index >= 15 is 0 Å². The van der Waals surface area contributed by atoms with Crippen molar-refractivity contribution in [2.45, 2.75) is 52.1 Å².